The van der Waals surface area contributed by atoms with Crippen LogP contribution in [0.5, 0.6) is 0 Å². The maximum absolute atomic E-state index is 14.4. The summed E-state index contributed by atoms with van der Waals surface area (Å²) in [7, 11) is 0. The van der Waals surface area contributed by atoms with Gasteiger partial charge in [-0.2, -0.15) is 0 Å². The topological polar surface area (TPSA) is 29.1 Å². The molecule has 1 amide bonds. The molecule has 0 fully saturated rings. The van der Waals surface area contributed by atoms with Gasteiger partial charge in [0, 0.05) is 32.8 Å². The van der Waals surface area contributed by atoms with Crippen LogP contribution in [-0.2, 0) is 4.79 Å². The van der Waals surface area contributed by atoms with Crippen LogP contribution in [0.1, 0.15) is 23.5 Å². The van der Waals surface area contributed by atoms with Crippen molar-refractivity contribution in [3.05, 3.63) is 75.0 Å². The van der Waals surface area contributed by atoms with Crippen LogP contribution in [0.25, 0.3) is 10.8 Å². The number of carbonyl (C=O) groups is 1. The molecule has 1 unspecified atom stereocenters. The molecule has 1 aliphatic heterocycles. The number of nitrogens with one attached hydrogen (secondary N) is 1. The lowest BCUT2D eigenvalue weighted by atomic mass is 9.83. The van der Waals surface area contributed by atoms with Crippen molar-refractivity contribution in [3.63, 3.8) is 0 Å². The smallest absolute Gasteiger partial charge is 0.225 e. The molecule has 5 heteroatoms. The van der Waals surface area contributed by atoms with E-state index in [1.165, 1.54) is 6.07 Å². The Morgan fingerprint density at radius 2 is 1.88 bits per heavy atom. The number of anilines is 1. The number of hydrogen-bond donors (Lipinski definition) is 1. The lowest BCUT2D eigenvalue weighted by molar-refractivity contribution is -0.116. The Bertz CT molecular complexity index is 968. The molecule has 0 saturated carbocycles. The van der Waals surface area contributed by atoms with E-state index in [0.29, 0.717) is 10.6 Å². The molecule has 0 saturated heterocycles. The maximum Gasteiger partial charge on any atom is 0.225 e. The van der Waals surface area contributed by atoms with Crippen LogP contribution in [0.3, 0.4) is 0 Å². The van der Waals surface area contributed by atoms with Gasteiger partial charge in [-0.1, -0.05) is 57.9 Å². The van der Waals surface area contributed by atoms with Crippen LogP contribution >= 0.6 is 27.5 Å². The zero-order chi connectivity index (χ0) is 16.8. The Hall–Kier alpha value is -1.91. The predicted molar refractivity (Wildman–Crippen MR) is 98.1 cm³/mol. The molecule has 120 valence electrons. The van der Waals surface area contributed by atoms with Gasteiger partial charge >= 0.3 is 0 Å². The number of amides is 1. The largest absolute Gasteiger partial charge is 0.325 e. The normalized spacial score (nSPS) is 16.8. The third-order valence-corrected chi connectivity index (χ3v) is 5.39. The second kappa shape index (κ2) is 5.87. The van der Waals surface area contributed by atoms with Gasteiger partial charge in [0.1, 0.15) is 5.82 Å². The third-order valence-electron chi connectivity index (χ3n) is 4.40. The Kier molecular flexibility index (Phi) is 3.82. The van der Waals surface area contributed by atoms with Crippen molar-refractivity contribution in [1.82, 2.24) is 0 Å². The fourth-order valence-corrected chi connectivity index (χ4v) is 4.24. The lowest BCUT2D eigenvalue weighted by Gasteiger charge is -2.28. The van der Waals surface area contributed by atoms with E-state index in [1.807, 2.05) is 30.3 Å². The molecule has 1 N–H and O–H groups in total. The predicted octanol–water partition coefficient (Wildman–Crippen LogP) is 5.87. The summed E-state index contributed by atoms with van der Waals surface area (Å²) in [5.74, 6) is -0.944. The molecular weight excluding hydrogens is 393 g/mol. The highest BCUT2D eigenvalue weighted by Gasteiger charge is 2.31. The summed E-state index contributed by atoms with van der Waals surface area (Å²) >= 11 is 9.84. The number of carbonyl (C=O) groups excluding carboxylic acids is 1. The first-order valence-corrected chi connectivity index (χ1v) is 8.68. The van der Waals surface area contributed by atoms with Gasteiger partial charge in [-0.3, -0.25) is 4.79 Å². The molecule has 0 aliphatic carbocycles. The Balaban J connectivity index is 2.03. The van der Waals surface area contributed by atoms with Gasteiger partial charge in [-0.05, 0) is 29.1 Å². The number of halogens is 3. The van der Waals surface area contributed by atoms with Crippen LogP contribution in [0.2, 0.25) is 5.02 Å². The number of benzene rings is 3. The summed E-state index contributed by atoms with van der Waals surface area (Å²) in [6.45, 7) is 0. The van der Waals surface area contributed by atoms with Gasteiger partial charge in [0.25, 0.3) is 0 Å². The van der Waals surface area contributed by atoms with Crippen LogP contribution in [-0.4, -0.2) is 5.91 Å². The van der Waals surface area contributed by atoms with E-state index in [0.717, 1.165) is 26.5 Å². The summed E-state index contributed by atoms with van der Waals surface area (Å²) in [5.41, 5.74) is 1.97. The van der Waals surface area contributed by atoms with Crippen molar-refractivity contribution < 1.29 is 9.18 Å². The number of rotatable bonds is 1. The summed E-state index contributed by atoms with van der Waals surface area (Å²) in [4.78, 5) is 12.3. The molecule has 3 aromatic carbocycles. The summed E-state index contributed by atoms with van der Waals surface area (Å²) in [6, 6.07) is 14.3. The minimum Gasteiger partial charge on any atom is -0.325 e. The molecule has 1 heterocycles. The van der Waals surface area contributed by atoms with Crippen LogP contribution in [0, 0.1) is 5.82 Å². The number of hydrogen-bond acceptors (Lipinski definition) is 1. The van der Waals surface area contributed by atoms with Gasteiger partial charge in [-0.15, -0.1) is 0 Å². The van der Waals surface area contributed by atoms with Crippen molar-refractivity contribution in [2.24, 2.45) is 0 Å². The average molecular weight is 405 g/mol. The number of fused-ring (bicyclic) bond motifs is 3. The Morgan fingerprint density at radius 1 is 1.12 bits per heavy atom. The highest BCUT2D eigenvalue weighted by Crippen LogP contribution is 2.45. The molecule has 2 nitrogen and oxygen atoms in total. The van der Waals surface area contributed by atoms with Gasteiger partial charge in [0.05, 0.1) is 5.69 Å². The third kappa shape index (κ3) is 2.41. The molecule has 4 rings (SSSR count). The second-order valence-corrected chi connectivity index (χ2v) is 7.07. The van der Waals surface area contributed by atoms with E-state index in [-0.39, 0.29) is 12.3 Å². The highest BCUT2D eigenvalue weighted by atomic mass is 79.9. The van der Waals surface area contributed by atoms with E-state index in [1.54, 1.807) is 12.1 Å². The monoisotopic (exact) mass is 403 g/mol. The van der Waals surface area contributed by atoms with Gasteiger partial charge in [-0.25, -0.2) is 4.39 Å². The van der Waals surface area contributed by atoms with Crippen molar-refractivity contribution in [2.75, 3.05) is 5.32 Å². The average Bonchev–Trinajstić information content (AvgIpc) is 2.56. The van der Waals surface area contributed by atoms with E-state index in [2.05, 4.69) is 21.2 Å². The van der Waals surface area contributed by atoms with Crippen molar-refractivity contribution in [3.8, 4) is 0 Å². The quantitative estimate of drug-likeness (QED) is 0.540. The highest BCUT2D eigenvalue weighted by molar-refractivity contribution is 9.10. The fraction of sp³-hybridized carbons (Fsp3) is 0.105. The minimum atomic E-state index is -0.414. The molecule has 0 bridgehead atoms. The van der Waals surface area contributed by atoms with Crippen molar-refractivity contribution >= 4 is 49.9 Å². The molecule has 0 radical (unpaired) electrons. The molecule has 3 aromatic rings. The zero-order valence-electron chi connectivity index (χ0n) is 12.4. The van der Waals surface area contributed by atoms with Crippen molar-refractivity contribution in [1.29, 1.82) is 0 Å². The van der Waals surface area contributed by atoms with Crippen LogP contribution in [0.15, 0.2) is 53.0 Å². The Labute approximate surface area is 151 Å². The molecule has 0 aromatic heterocycles. The van der Waals surface area contributed by atoms with E-state index in [4.69, 9.17) is 11.6 Å². The lowest BCUT2D eigenvalue weighted by Crippen LogP contribution is -2.24. The maximum atomic E-state index is 14.4. The SMILES string of the molecule is O=C1CC(c2c(F)cccc2Cl)c2cc(Br)c3ccccc3c2N1. The first-order chi connectivity index (χ1) is 11.6. The molecule has 1 atom stereocenters. The molecule has 1 aliphatic rings. The standard InChI is InChI=1S/C19H12BrClFNO/c20-14-8-13-12(18-15(21)6-3-7-16(18)22)9-17(24)23-19(13)11-5-2-1-4-10(11)14/h1-8,12H,9H2,(H,23,24). The zero-order valence-corrected chi connectivity index (χ0v) is 14.8. The molecular formula is C19H12BrClFNO. The van der Waals surface area contributed by atoms with Gasteiger partial charge in [0.15, 0.2) is 0 Å². The summed E-state index contributed by atoms with van der Waals surface area (Å²) in [5, 5.41) is 5.20. The van der Waals surface area contributed by atoms with E-state index in [9.17, 15) is 9.18 Å². The minimum absolute atomic E-state index is 0.140. The van der Waals surface area contributed by atoms with Crippen LogP contribution < -0.4 is 5.32 Å². The second-order valence-electron chi connectivity index (χ2n) is 5.81. The van der Waals surface area contributed by atoms with E-state index >= 15 is 0 Å². The van der Waals surface area contributed by atoms with Crippen molar-refractivity contribution in [2.45, 2.75) is 12.3 Å². The Morgan fingerprint density at radius 3 is 2.62 bits per heavy atom. The van der Waals surface area contributed by atoms with Crippen LogP contribution in [0.4, 0.5) is 10.1 Å². The first-order valence-electron chi connectivity index (χ1n) is 7.51. The van der Waals surface area contributed by atoms with E-state index < -0.39 is 11.7 Å². The molecule has 0 spiro atoms. The molecule has 24 heavy (non-hydrogen) atoms. The van der Waals surface area contributed by atoms with Gasteiger partial charge in [0.2, 0.25) is 5.91 Å². The van der Waals surface area contributed by atoms with Gasteiger partial charge < -0.3 is 5.32 Å². The summed E-state index contributed by atoms with van der Waals surface area (Å²) < 4.78 is 15.4. The first kappa shape index (κ1) is 15.6. The fourth-order valence-electron chi connectivity index (χ4n) is 3.35. The summed E-state index contributed by atoms with van der Waals surface area (Å²) in [6.07, 6.45) is 0.165.